The minimum absolute atomic E-state index is 0.0772. The third-order valence-corrected chi connectivity index (χ3v) is 3.22. The Balaban J connectivity index is 1.80. The molecule has 9 heteroatoms. The molecule has 0 aliphatic carbocycles. The lowest BCUT2D eigenvalue weighted by molar-refractivity contribution is 0.101. The molecule has 3 rings (SSSR count). The van der Waals surface area contributed by atoms with E-state index < -0.39 is 5.91 Å². The second kappa shape index (κ2) is 5.78. The molecule has 1 N–H and O–H groups in total. The molecule has 0 radical (unpaired) electrons. The maximum absolute atomic E-state index is 11.9. The van der Waals surface area contributed by atoms with E-state index in [2.05, 4.69) is 20.7 Å². The first-order chi connectivity index (χ1) is 10.5. The predicted octanol–water partition coefficient (Wildman–Crippen LogP) is 3.59. The summed E-state index contributed by atoms with van der Waals surface area (Å²) < 4.78 is 10.2. The Hall–Kier alpha value is -2.38. The van der Waals surface area contributed by atoms with Gasteiger partial charge in [-0.2, -0.15) is 0 Å². The molecule has 0 bridgehead atoms. The number of benzene rings is 1. The number of anilines is 1. The number of hydrogen-bond acceptors (Lipinski definition) is 6. The summed E-state index contributed by atoms with van der Waals surface area (Å²) in [6.07, 6.45) is 0. The van der Waals surface area contributed by atoms with Gasteiger partial charge in [0.25, 0.3) is 11.8 Å². The summed E-state index contributed by atoms with van der Waals surface area (Å²) in [5, 5.41) is 14.4. The molecule has 1 amide bonds. The van der Waals surface area contributed by atoms with E-state index in [1.54, 1.807) is 25.1 Å². The Morgan fingerprint density at radius 3 is 2.73 bits per heavy atom. The summed E-state index contributed by atoms with van der Waals surface area (Å²) in [4.78, 5) is 11.9. The van der Waals surface area contributed by atoms with Crippen molar-refractivity contribution in [2.24, 2.45) is 0 Å². The molecule has 0 unspecified atom stereocenters. The first-order valence-electron chi connectivity index (χ1n) is 6.06. The minimum atomic E-state index is -0.519. The van der Waals surface area contributed by atoms with Crippen LogP contribution in [-0.4, -0.2) is 21.3 Å². The first kappa shape index (κ1) is 14.6. The van der Waals surface area contributed by atoms with Gasteiger partial charge in [-0.3, -0.25) is 10.1 Å². The van der Waals surface area contributed by atoms with Crippen LogP contribution in [0.25, 0.3) is 11.5 Å². The van der Waals surface area contributed by atoms with Crippen LogP contribution in [0.5, 0.6) is 0 Å². The Labute approximate surface area is 134 Å². The second-order valence-corrected chi connectivity index (χ2v) is 5.16. The number of rotatable bonds is 3. The Bertz CT molecular complexity index is 843. The first-order valence-corrected chi connectivity index (χ1v) is 6.82. The molecule has 0 spiro atoms. The average Bonchev–Trinajstić information content (AvgIpc) is 3.08. The van der Waals surface area contributed by atoms with Crippen molar-refractivity contribution in [2.45, 2.75) is 6.92 Å². The second-order valence-electron chi connectivity index (χ2n) is 4.31. The molecule has 112 valence electrons. The van der Waals surface area contributed by atoms with Crippen molar-refractivity contribution in [1.82, 2.24) is 15.4 Å². The van der Waals surface area contributed by atoms with Crippen molar-refractivity contribution in [1.29, 1.82) is 0 Å². The Kier molecular flexibility index (Phi) is 3.82. The molecule has 22 heavy (non-hydrogen) atoms. The molecule has 7 nitrogen and oxygen atoms in total. The molecule has 3 aromatic rings. The number of amides is 1. The number of carbonyl (C=O) groups is 1. The van der Waals surface area contributed by atoms with Crippen LogP contribution in [0.1, 0.15) is 16.2 Å². The maximum Gasteiger partial charge on any atom is 0.322 e. The lowest BCUT2D eigenvalue weighted by atomic mass is 10.2. The Morgan fingerprint density at radius 2 is 2.05 bits per heavy atom. The number of hydrogen-bond donors (Lipinski definition) is 1. The highest BCUT2D eigenvalue weighted by Gasteiger charge is 2.16. The maximum atomic E-state index is 11.9. The van der Waals surface area contributed by atoms with Gasteiger partial charge < -0.3 is 8.94 Å². The van der Waals surface area contributed by atoms with Crippen LogP contribution in [-0.2, 0) is 0 Å². The summed E-state index contributed by atoms with van der Waals surface area (Å²) in [7, 11) is 0. The van der Waals surface area contributed by atoms with Gasteiger partial charge in [-0.15, -0.1) is 5.10 Å². The van der Waals surface area contributed by atoms with Crippen LogP contribution in [0.2, 0.25) is 10.0 Å². The fourth-order valence-electron chi connectivity index (χ4n) is 1.68. The summed E-state index contributed by atoms with van der Waals surface area (Å²) >= 11 is 11.9. The molecule has 0 atom stereocenters. The van der Waals surface area contributed by atoms with E-state index in [0.29, 0.717) is 21.4 Å². The average molecular weight is 339 g/mol. The summed E-state index contributed by atoms with van der Waals surface area (Å²) in [6.45, 7) is 1.68. The molecule has 0 saturated carbocycles. The van der Waals surface area contributed by atoms with Crippen molar-refractivity contribution in [3.05, 3.63) is 45.8 Å². The topological polar surface area (TPSA) is 94.1 Å². The van der Waals surface area contributed by atoms with Gasteiger partial charge >= 0.3 is 6.01 Å². The van der Waals surface area contributed by atoms with E-state index in [9.17, 15) is 4.79 Å². The van der Waals surface area contributed by atoms with Gasteiger partial charge in [0, 0.05) is 11.1 Å². The van der Waals surface area contributed by atoms with Crippen LogP contribution in [0, 0.1) is 6.92 Å². The molecule has 1 aromatic carbocycles. The van der Waals surface area contributed by atoms with Crippen LogP contribution in [0.4, 0.5) is 6.01 Å². The van der Waals surface area contributed by atoms with E-state index >= 15 is 0 Å². The highest BCUT2D eigenvalue weighted by Crippen LogP contribution is 2.30. The van der Waals surface area contributed by atoms with Crippen LogP contribution < -0.4 is 5.32 Å². The molecular formula is C13H8Cl2N4O3. The molecule has 0 saturated heterocycles. The zero-order chi connectivity index (χ0) is 15.7. The molecule has 0 fully saturated rings. The molecule has 0 aliphatic rings. The van der Waals surface area contributed by atoms with Gasteiger partial charge in [-0.1, -0.05) is 33.5 Å². The lowest BCUT2D eigenvalue weighted by Crippen LogP contribution is -2.12. The quantitative estimate of drug-likeness (QED) is 0.784. The van der Waals surface area contributed by atoms with Gasteiger partial charge in [-0.25, -0.2) is 0 Å². The molecule has 2 heterocycles. The molecule has 2 aromatic heterocycles. The highest BCUT2D eigenvalue weighted by molar-refractivity contribution is 6.36. The third kappa shape index (κ3) is 2.95. The normalized spacial score (nSPS) is 10.7. The number of aryl methyl sites for hydroxylation is 1. The molecule has 0 aliphatic heterocycles. The third-order valence-electron chi connectivity index (χ3n) is 2.67. The zero-order valence-electron chi connectivity index (χ0n) is 11.1. The largest absolute Gasteiger partial charge is 0.403 e. The lowest BCUT2D eigenvalue weighted by Gasteiger charge is -1.99. The van der Waals surface area contributed by atoms with Gasteiger partial charge in [0.05, 0.1) is 10.6 Å². The SMILES string of the molecule is Cc1cc(C(=O)Nc2nnc(-c3ccc(Cl)cc3Cl)o2)no1. The number of aromatic nitrogens is 3. The zero-order valence-corrected chi connectivity index (χ0v) is 12.6. The van der Waals surface area contributed by atoms with Crippen molar-refractivity contribution < 1.29 is 13.7 Å². The van der Waals surface area contributed by atoms with Crippen molar-refractivity contribution in [3.63, 3.8) is 0 Å². The van der Waals surface area contributed by atoms with E-state index in [-0.39, 0.29) is 17.6 Å². The number of carbonyl (C=O) groups excluding carboxylic acids is 1. The number of halogens is 2. The monoisotopic (exact) mass is 338 g/mol. The van der Waals surface area contributed by atoms with E-state index in [0.717, 1.165) is 0 Å². The van der Waals surface area contributed by atoms with E-state index in [1.807, 2.05) is 0 Å². The summed E-state index contributed by atoms with van der Waals surface area (Å²) in [5.74, 6) is 0.159. The smallest absolute Gasteiger partial charge is 0.322 e. The van der Waals surface area contributed by atoms with E-state index in [1.165, 1.54) is 6.07 Å². The summed E-state index contributed by atoms with van der Waals surface area (Å²) in [6, 6.07) is 6.25. The highest BCUT2D eigenvalue weighted by atomic mass is 35.5. The molecular weight excluding hydrogens is 331 g/mol. The van der Waals surface area contributed by atoms with Gasteiger partial charge in [0.1, 0.15) is 5.76 Å². The fourth-order valence-corrected chi connectivity index (χ4v) is 2.17. The minimum Gasteiger partial charge on any atom is -0.403 e. The van der Waals surface area contributed by atoms with Crippen molar-refractivity contribution in [2.75, 3.05) is 5.32 Å². The van der Waals surface area contributed by atoms with Crippen molar-refractivity contribution >= 4 is 35.1 Å². The number of nitrogens with zero attached hydrogens (tertiary/aromatic N) is 3. The Morgan fingerprint density at radius 1 is 1.23 bits per heavy atom. The van der Waals surface area contributed by atoms with Gasteiger partial charge in [0.2, 0.25) is 0 Å². The van der Waals surface area contributed by atoms with Gasteiger partial charge in [-0.05, 0) is 25.1 Å². The van der Waals surface area contributed by atoms with Gasteiger partial charge in [0.15, 0.2) is 5.69 Å². The van der Waals surface area contributed by atoms with Crippen molar-refractivity contribution in [3.8, 4) is 11.5 Å². The standard InChI is InChI=1S/C13H8Cl2N4O3/c1-6-4-10(19-22-6)11(20)16-13-18-17-12(21-13)8-3-2-7(14)5-9(8)15/h2-5H,1H3,(H,16,18,20). The summed E-state index contributed by atoms with van der Waals surface area (Å²) in [5.41, 5.74) is 0.623. The predicted molar refractivity (Wildman–Crippen MR) is 78.9 cm³/mol. The van der Waals surface area contributed by atoms with E-state index in [4.69, 9.17) is 32.1 Å². The fraction of sp³-hybridized carbons (Fsp3) is 0.0769. The van der Waals surface area contributed by atoms with Crippen LogP contribution in [0.15, 0.2) is 33.2 Å². The van der Waals surface area contributed by atoms with Crippen LogP contribution in [0.3, 0.4) is 0 Å². The number of nitrogens with one attached hydrogen (secondary N) is 1. The van der Waals surface area contributed by atoms with Crippen LogP contribution >= 0.6 is 23.2 Å².